The smallest absolute Gasteiger partial charge is 0.251 e. The molecule has 29 heavy (non-hydrogen) atoms. The monoisotopic (exact) mass is 408 g/mol. The number of benzene rings is 3. The van der Waals surface area contributed by atoms with Gasteiger partial charge in [0, 0.05) is 18.7 Å². The van der Waals surface area contributed by atoms with E-state index in [4.69, 9.17) is 0 Å². The molecule has 1 amide bonds. The maximum atomic E-state index is 12.4. The minimum absolute atomic E-state index is 0.113. The van der Waals surface area contributed by atoms with Crippen LogP contribution in [0.2, 0.25) is 0 Å². The highest BCUT2D eigenvalue weighted by molar-refractivity contribution is 7.89. The van der Waals surface area contributed by atoms with E-state index in [0.29, 0.717) is 12.1 Å². The molecule has 0 saturated carbocycles. The van der Waals surface area contributed by atoms with Gasteiger partial charge >= 0.3 is 0 Å². The molecular formula is C23H24N2O3S. The van der Waals surface area contributed by atoms with Crippen LogP contribution in [0.4, 0.5) is 0 Å². The lowest BCUT2D eigenvalue weighted by molar-refractivity contribution is 0.0950. The normalized spacial score (nSPS) is 11.2. The predicted octanol–water partition coefficient (Wildman–Crippen LogP) is 3.71. The van der Waals surface area contributed by atoms with Crippen LogP contribution in [0.1, 0.15) is 32.6 Å². The SMILES string of the molecule is Cc1ccc(S(=O)(=O)NCc2ccc(CNC(=O)c3ccccc3C)cc2)cc1. The van der Waals surface area contributed by atoms with Gasteiger partial charge in [0.1, 0.15) is 0 Å². The van der Waals surface area contributed by atoms with Crippen molar-refractivity contribution in [1.82, 2.24) is 10.0 Å². The zero-order valence-corrected chi connectivity index (χ0v) is 17.3. The molecule has 0 heterocycles. The molecule has 0 aliphatic heterocycles. The lowest BCUT2D eigenvalue weighted by Gasteiger charge is -2.09. The van der Waals surface area contributed by atoms with Crippen LogP contribution in [0.5, 0.6) is 0 Å². The Balaban J connectivity index is 1.55. The van der Waals surface area contributed by atoms with Gasteiger partial charge in [-0.2, -0.15) is 0 Å². The van der Waals surface area contributed by atoms with Gasteiger partial charge in [0.2, 0.25) is 10.0 Å². The molecular weight excluding hydrogens is 384 g/mol. The highest BCUT2D eigenvalue weighted by Crippen LogP contribution is 2.12. The Labute approximate surface area is 171 Å². The number of hydrogen-bond donors (Lipinski definition) is 2. The van der Waals surface area contributed by atoms with Crippen molar-refractivity contribution in [2.24, 2.45) is 0 Å². The van der Waals surface area contributed by atoms with Crippen molar-refractivity contribution in [2.45, 2.75) is 31.8 Å². The van der Waals surface area contributed by atoms with E-state index < -0.39 is 10.0 Å². The number of aryl methyl sites for hydroxylation is 2. The second-order valence-electron chi connectivity index (χ2n) is 6.95. The summed E-state index contributed by atoms with van der Waals surface area (Å²) in [7, 11) is -3.55. The Kier molecular flexibility index (Phi) is 6.46. The summed E-state index contributed by atoms with van der Waals surface area (Å²) in [4.78, 5) is 12.5. The van der Waals surface area contributed by atoms with Gasteiger partial charge in [0.05, 0.1) is 4.90 Å². The van der Waals surface area contributed by atoms with E-state index in [1.54, 1.807) is 30.3 Å². The first-order chi connectivity index (χ1) is 13.8. The van der Waals surface area contributed by atoms with E-state index in [-0.39, 0.29) is 17.3 Å². The maximum absolute atomic E-state index is 12.4. The molecule has 0 aliphatic rings. The molecule has 0 fully saturated rings. The molecule has 3 aromatic rings. The Morgan fingerprint density at radius 3 is 2.00 bits per heavy atom. The molecule has 5 nitrogen and oxygen atoms in total. The van der Waals surface area contributed by atoms with E-state index >= 15 is 0 Å². The molecule has 0 aromatic heterocycles. The van der Waals surface area contributed by atoms with Gasteiger partial charge in [-0.25, -0.2) is 13.1 Å². The largest absolute Gasteiger partial charge is 0.348 e. The van der Waals surface area contributed by atoms with Crippen molar-refractivity contribution in [1.29, 1.82) is 0 Å². The number of nitrogens with one attached hydrogen (secondary N) is 2. The molecule has 0 unspecified atom stereocenters. The molecule has 6 heteroatoms. The zero-order chi connectivity index (χ0) is 20.9. The standard InChI is InChI=1S/C23H24N2O3S/c1-17-7-13-21(14-8-17)29(27,28)25-16-20-11-9-19(10-12-20)15-24-23(26)22-6-4-3-5-18(22)2/h3-14,25H,15-16H2,1-2H3,(H,24,26). The summed E-state index contributed by atoms with van der Waals surface area (Å²) in [5.74, 6) is -0.113. The number of carbonyl (C=O) groups is 1. The molecule has 150 valence electrons. The van der Waals surface area contributed by atoms with E-state index in [9.17, 15) is 13.2 Å². The van der Waals surface area contributed by atoms with Gasteiger partial charge < -0.3 is 5.32 Å². The number of carbonyl (C=O) groups excluding carboxylic acids is 1. The molecule has 0 saturated heterocycles. The Bertz CT molecular complexity index is 1090. The number of hydrogen-bond acceptors (Lipinski definition) is 3. The Morgan fingerprint density at radius 1 is 0.793 bits per heavy atom. The van der Waals surface area contributed by atoms with Crippen molar-refractivity contribution in [2.75, 3.05) is 0 Å². The average molecular weight is 409 g/mol. The molecule has 2 N–H and O–H groups in total. The first kappa shape index (κ1) is 20.8. The zero-order valence-electron chi connectivity index (χ0n) is 16.5. The van der Waals surface area contributed by atoms with Gasteiger partial charge in [-0.3, -0.25) is 4.79 Å². The fraction of sp³-hybridized carbons (Fsp3) is 0.174. The van der Waals surface area contributed by atoms with Crippen LogP contribution in [0.15, 0.2) is 77.7 Å². The van der Waals surface area contributed by atoms with Crippen LogP contribution >= 0.6 is 0 Å². The van der Waals surface area contributed by atoms with E-state index in [1.165, 1.54) is 0 Å². The van der Waals surface area contributed by atoms with Gasteiger partial charge in [0.25, 0.3) is 5.91 Å². The first-order valence-corrected chi connectivity index (χ1v) is 10.8. The second kappa shape index (κ2) is 9.03. The van der Waals surface area contributed by atoms with Crippen LogP contribution in [0, 0.1) is 13.8 Å². The molecule has 3 aromatic carbocycles. The Morgan fingerprint density at radius 2 is 1.38 bits per heavy atom. The molecule has 0 spiro atoms. The fourth-order valence-corrected chi connectivity index (χ4v) is 3.88. The molecule has 3 rings (SSSR count). The van der Waals surface area contributed by atoms with Crippen LogP contribution in [-0.4, -0.2) is 14.3 Å². The lowest BCUT2D eigenvalue weighted by atomic mass is 10.1. The minimum atomic E-state index is -3.55. The van der Waals surface area contributed by atoms with Crippen LogP contribution in [0.3, 0.4) is 0 Å². The van der Waals surface area contributed by atoms with Crippen molar-refractivity contribution in [3.8, 4) is 0 Å². The van der Waals surface area contributed by atoms with Crippen molar-refractivity contribution in [3.63, 3.8) is 0 Å². The topological polar surface area (TPSA) is 75.3 Å². The third-order valence-electron chi connectivity index (χ3n) is 4.66. The number of amides is 1. The summed E-state index contributed by atoms with van der Waals surface area (Å²) in [6.45, 7) is 4.42. The van der Waals surface area contributed by atoms with Gasteiger partial charge in [-0.05, 0) is 48.7 Å². The molecule has 0 aliphatic carbocycles. The molecule has 0 atom stereocenters. The third-order valence-corrected chi connectivity index (χ3v) is 6.08. The van der Waals surface area contributed by atoms with E-state index in [0.717, 1.165) is 22.3 Å². The first-order valence-electron chi connectivity index (χ1n) is 9.33. The highest BCUT2D eigenvalue weighted by atomic mass is 32.2. The van der Waals surface area contributed by atoms with Gasteiger partial charge in [-0.15, -0.1) is 0 Å². The molecule has 0 radical (unpaired) electrons. The van der Waals surface area contributed by atoms with E-state index in [1.807, 2.05) is 56.3 Å². The Hall–Kier alpha value is -2.96. The number of rotatable bonds is 7. The van der Waals surface area contributed by atoms with Crippen LogP contribution in [-0.2, 0) is 23.1 Å². The summed E-state index contributed by atoms with van der Waals surface area (Å²) in [5.41, 5.74) is 4.39. The van der Waals surface area contributed by atoms with E-state index in [2.05, 4.69) is 10.0 Å². The predicted molar refractivity (Wildman–Crippen MR) is 114 cm³/mol. The van der Waals surface area contributed by atoms with Crippen molar-refractivity contribution >= 4 is 15.9 Å². The lowest BCUT2D eigenvalue weighted by Crippen LogP contribution is -2.24. The maximum Gasteiger partial charge on any atom is 0.251 e. The summed E-state index contributed by atoms with van der Waals surface area (Å²) in [5, 5.41) is 2.91. The van der Waals surface area contributed by atoms with Gasteiger partial charge in [0.15, 0.2) is 0 Å². The average Bonchev–Trinajstić information content (AvgIpc) is 2.72. The fourth-order valence-electron chi connectivity index (χ4n) is 2.86. The van der Waals surface area contributed by atoms with Crippen LogP contribution < -0.4 is 10.0 Å². The highest BCUT2D eigenvalue weighted by Gasteiger charge is 2.13. The van der Waals surface area contributed by atoms with Gasteiger partial charge in [-0.1, -0.05) is 60.2 Å². The summed E-state index contributed by atoms with van der Waals surface area (Å²) < 4.78 is 27.3. The summed E-state index contributed by atoms with van der Waals surface area (Å²) >= 11 is 0. The molecule has 0 bridgehead atoms. The van der Waals surface area contributed by atoms with Crippen molar-refractivity contribution < 1.29 is 13.2 Å². The van der Waals surface area contributed by atoms with Crippen molar-refractivity contribution in [3.05, 3.63) is 101 Å². The van der Waals surface area contributed by atoms with Crippen LogP contribution in [0.25, 0.3) is 0 Å². The number of sulfonamides is 1. The quantitative estimate of drug-likeness (QED) is 0.626. The minimum Gasteiger partial charge on any atom is -0.348 e. The third kappa shape index (κ3) is 5.53. The second-order valence-corrected chi connectivity index (χ2v) is 8.72. The summed E-state index contributed by atoms with van der Waals surface area (Å²) in [6, 6.07) is 21.7. The summed E-state index contributed by atoms with van der Waals surface area (Å²) in [6.07, 6.45) is 0.